The lowest BCUT2D eigenvalue weighted by Gasteiger charge is -2.36. The number of benzene rings is 2. The molecule has 0 spiro atoms. The molecule has 0 aromatic heterocycles. The number of alkyl halides is 3. The molecule has 1 N–H and O–H groups in total. The van der Waals surface area contributed by atoms with Gasteiger partial charge in [-0.2, -0.15) is 13.2 Å². The predicted molar refractivity (Wildman–Crippen MR) is 134 cm³/mol. The van der Waals surface area contributed by atoms with E-state index in [-0.39, 0.29) is 41.3 Å². The molecule has 1 saturated carbocycles. The molecule has 35 heavy (non-hydrogen) atoms. The van der Waals surface area contributed by atoms with E-state index in [0.29, 0.717) is 18.1 Å². The van der Waals surface area contributed by atoms with Crippen molar-refractivity contribution in [2.45, 2.75) is 48.2 Å². The summed E-state index contributed by atoms with van der Waals surface area (Å²) in [6.45, 7) is 2.99. The van der Waals surface area contributed by atoms with Crippen LogP contribution in [0.15, 0.2) is 53.4 Å². The fourth-order valence-electron chi connectivity index (χ4n) is 4.51. The van der Waals surface area contributed by atoms with E-state index in [0.717, 1.165) is 50.1 Å². The van der Waals surface area contributed by atoms with Gasteiger partial charge in [0.25, 0.3) is 0 Å². The van der Waals surface area contributed by atoms with E-state index in [1.165, 1.54) is 12.1 Å². The number of halogens is 4. The standard InChI is InChI=1S/C25H29ClF3N3O2S/c26-18-1-7-21(8-2-18)31-13-15-32(16-14-31)24(33)17-34-22-9-3-19(4-10-22)30-20-5-11-23(12-6-20)35-25(27,28)29/h1-2,5-8,11-12,19,22,30H,3-4,9-10,13-17H2. The second-order valence-electron chi connectivity index (χ2n) is 8.85. The number of rotatable bonds is 7. The third kappa shape index (κ3) is 7.95. The maximum atomic E-state index is 12.6. The average Bonchev–Trinajstić information content (AvgIpc) is 2.84. The molecule has 4 rings (SSSR count). The van der Waals surface area contributed by atoms with Crippen LogP contribution in [0.1, 0.15) is 25.7 Å². The highest BCUT2D eigenvalue weighted by molar-refractivity contribution is 8.00. The zero-order valence-electron chi connectivity index (χ0n) is 19.3. The van der Waals surface area contributed by atoms with Crippen LogP contribution in [-0.2, 0) is 9.53 Å². The number of carbonyl (C=O) groups is 1. The topological polar surface area (TPSA) is 44.8 Å². The summed E-state index contributed by atoms with van der Waals surface area (Å²) < 4.78 is 43.3. The fraction of sp³-hybridized carbons (Fsp3) is 0.480. The van der Waals surface area contributed by atoms with Gasteiger partial charge in [-0.1, -0.05) is 11.6 Å². The Hall–Kier alpha value is -2.10. The summed E-state index contributed by atoms with van der Waals surface area (Å²) in [5.74, 6) is 0.0258. The van der Waals surface area contributed by atoms with E-state index < -0.39 is 5.51 Å². The molecule has 1 saturated heterocycles. The number of amides is 1. The molecule has 190 valence electrons. The van der Waals surface area contributed by atoms with Crippen LogP contribution in [0.5, 0.6) is 0 Å². The molecule has 0 unspecified atom stereocenters. The Balaban J connectivity index is 1.13. The molecule has 5 nitrogen and oxygen atoms in total. The fourth-order valence-corrected chi connectivity index (χ4v) is 5.17. The lowest BCUT2D eigenvalue weighted by atomic mass is 9.93. The van der Waals surface area contributed by atoms with Crippen LogP contribution < -0.4 is 10.2 Å². The van der Waals surface area contributed by atoms with Crippen molar-refractivity contribution in [3.8, 4) is 0 Å². The normalized spacial score (nSPS) is 21.1. The Morgan fingerprint density at radius 3 is 2.20 bits per heavy atom. The quantitative estimate of drug-likeness (QED) is 0.445. The number of thioether (sulfide) groups is 1. The van der Waals surface area contributed by atoms with Gasteiger partial charge in [0, 0.05) is 53.5 Å². The molecular formula is C25H29ClF3N3O2S. The van der Waals surface area contributed by atoms with Gasteiger partial charge in [0.05, 0.1) is 6.10 Å². The Labute approximate surface area is 212 Å². The monoisotopic (exact) mass is 527 g/mol. The van der Waals surface area contributed by atoms with Crippen LogP contribution >= 0.6 is 23.4 Å². The Morgan fingerprint density at radius 2 is 1.60 bits per heavy atom. The Bertz CT molecular complexity index is 959. The van der Waals surface area contributed by atoms with E-state index in [1.807, 2.05) is 29.2 Å². The van der Waals surface area contributed by atoms with Crippen LogP contribution in [0.3, 0.4) is 0 Å². The first-order valence-electron chi connectivity index (χ1n) is 11.8. The molecule has 0 atom stereocenters. The molecule has 1 aliphatic carbocycles. The number of ether oxygens (including phenoxy) is 1. The van der Waals surface area contributed by atoms with Gasteiger partial charge >= 0.3 is 5.51 Å². The van der Waals surface area contributed by atoms with E-state index in [2.05, 4.69) is 10.2 Å². The lowest BCUT2D eigenvalue weighted by molar-refractivity contribution is -0.139. The number of nitrogens with one attached hydrogen (secondary N) is 1. The van der Waals surface area contributed by atoms with Crippen molar-refractivity contribution in [2.75, 3.05) is 43.0 Å². The third-order valence-corrected chi connectivity index (χ3v) is 7.39. The minimum Gasteiger partial charge on any atom is -0.382 e. The molecule has 0 bridgehead atoms. The van der Waals surface area contributed by atoms with Crippen molar-refractivity contribution >= 4 is 40.6 Å². The highest BCUT2D eigenvalue weighted by atomic mass is 35.5. The summed E-state index contributed by atoms with van der Waals surface area (Å²) in [4.78, 5) is 16.9. The maximum Gasteiger partial charge on any atom is 0.446 e. The summed E-state index contributed by atoms with van der Waals surface area (Å²) in [6, 6.07) is 14.3. The molecular weight excluding hydrogens is 499 g/mol. The van der Waals surface area contributed by atoms with E-state index >= 15 is 0 Å². The molecule has 1 amide bonds. The van der Waals surface area contributed by atoms with Crippen LogP contribution in [0.25, 0.3) is 0 Å². The summed E-state index contributed by atoms with van der Waals surface area (Å²) in [5.41, 5.74) is -2.35. The van der Waals surface area contributed by atoms with Crippen LogP contribution in [-0.4, -0.2) is 61.2 Å². The first-order chi connectivity index (χ1) is 16.7. The zero-order chi connectivity index (χ0) is 24.8. The van der Waals surface area contributed by atoms with E-state index in [1.54, 1.807) is 12.1 Å². The van der Waals surface area contributed by atoms with Crippen molar-refractivity contribution in [2.24, 2.45) is 0 Å². The molecule has 10 heteroatoms. The van der Waals surface area contributed by atoms with Crippen LogP contribution in [0.2, 0.25) is 5.02 Å². The number of hydrogen-bond donors (Lipinski definition) is 1. The highest BCUT2D eigenvalue weighted by Gasteiger charge is 2.29. The maximum absolute atomic E-state index is 12.6. The van der Waals surface area contributed by atoms with Gasteiger partial charge in [0.2, 0.25) is 5.91 Å². The highest BCUT2D eigenvalue weighted by Crippen LogP contribution is 2.37. The van der Waals surface area contributed by atoms with Gasteiger partial charge in [-0.3, -0.25) is 4.79 Å². The summed E-state index contributed by atoms with van der Waals surface area (Å²) in [7, 11) is 0. The van der Waals surface area contributed by atoms with Crippen molar-refractivity contribution < 1.29 is 22.7 Å². The minimum atomic E-state index is -4.28. The van der Waals surface area contributed by atoms with E-state index in [4.69, 9.17) is 16.3 Å². The zero-order valence-corrected chi connectivity index (χ0v) is 20.8. The molecule has 2 fully saturated rings. The van der Waals surface area contributed by atoms with Crippen LogP contribution in [0, 0.1) is 0 Å². The number of hydrogen-bond acceptors (Lipinski definition) is 5. The molecule has 2 aromatic rings. The van der Waals surface area contributed by atoms with Gasteiger partial charge in [-0.25, -0.2) is 0 Å². The average molecular weight is 528 g/mol. The lowest BCUT2D eigenvalue weighted by Crippen LogP contribution is -2.50. The summed E-state index contributed by atoms with van der Waals surface area (Å²) >= 11 is 5.85. The first kappa shape index (κ1) is 26.0. The third-order valence-electron chi connectivity index (χ3n) is 6.40. The van der Waals surface area contributed by atoms with Gasteiger partial charge in [-0.05, 0) is 86.0 Å². The Morgan fingerprint density at radius 1 is 0.971 bits per heavy atom. The number of nitrogens with zero attached hydrogens (tertiary/aromatic N) is 2. The molecule has 0 radical (unpaired) electrons. The van der Waals surface area contributed by atoms with Gasteiger partial charge in [0.1, 0.15) is 6.61 Å². The SMILES string of the molecule is O=C(COC1CCC(Nc2ccc(SC(F)(F)F)cc2)CC1)N1CCN(c2ccc(Cl)cc2)CC1. The van der Waals surface area contributed by atoms with Crippen LogP contribution in [0.4, 0.5) is 24.5 Å². The summed E-state index contributed by atoms with van der Waals surface area (Å²) in [6.07, 6.45) is 3.52. The second kappa shape index (κ2) is 11.8. The van der Waals surface area contributed by atoms with Gasteiger partial charge in [-0.15, -0.1) is 0 Å². The van der Waals surface area contributed by atoms with Gasteiger partial charge < -0.3 is 19.9 Å². The number of anilines is 2. The Kier molecular flexibility index (Phi) is 8.73. The molecule has 1 aliphatic heterocycles. The van der Waals surface area contributed by atoms with Gasteiger partial charge in [0.15, 0.2) is 0 Å². The minimum absolute atomic E-state index is 0.0258. The first-order valence-corrected chi connectivity index (χ1v) is 13.0. The molecule has 2 aromatic carbocycles. The van der Waals surface area contributed by atoms with Crippen molar-refractivity contribution in [3.05, 3.63) is 53.6 Å². The smallest absolute Gasteiger partial charge is 0.382 e. The van der Waals surface area contributed by atoms with Crippen molar-refractivity contribution in [1.82, 2.24) is 4.90 Å². The number of carbonyl (C=O) groups excluding carboxylic acids is 1. The predicted octanol–water partition coefficient (Wildman–Crippen LogP) is 6.04. The number of piperazine rings is 1. The largest absolute Gasteiger partial charge is 0.446 e. The molecule has 2 aliphatic rings. The second-order valence-corrected chi connectivity index (χ2v) is 10.4. The molecule has 1 heterocycles. The van der Waals surface area contributed by atoms with E-state index in [9.17, 15) is 18.0 Å². The van der Waals surface area contributed by atoms with Crippen molar-refractivity contribution in [3.63, 3.8) is 0 Å². The van der Waals surface area contributed by atoms with Crippen molar-refractivity contribution in [1.29, 1.82) is 0 Å². The summed E-state index contributed by atoms with van der Waals surface area (Å²) in [5, 5.41) is 4.11.